The first-order valence-electron chi connectivity index (χ1n) is 7.38. The molecule has 0 unspecified atom stereocenters. The summed E-state index contributed by atoms with van der Waals surface area (Å²) in [6.07, 6.45) is 2.25. The lowest BCUT2D eigenvalue weighted by atomic mass is 9.98. The van der Waals surface area contributed by atoms with Crippen molar-refractivity contribution in [1.82, 2.24) is 10.2 Å². The van der Waals surface area contributed by atoms with E-state index in [0.29, 0.717) is 0 Å². The molecule has 1 aromatic rings. The fraction of sp³-hybridized carbons (Fsp3) is 0.562. The highest BCUT2D eigenvalue weighted by Gasteiger charge is 2.31. The fourth-order valence-electron chi connectivity index (χ4n) is 2.35. The van der Waals surface area contributed by atoms with Gasteiger partial charge in [0.15, 0.2) is 0 Å². The van der Waals surface area contributed by atoms with Gasteiger partial charge in [-0.3, -0.25) is 9.69 Å². The van der Waals surface area contributed by atoms with E-state index in [-0.39, 0.29) is 11.8 Å². The zero-order valence-corrected chi connectivity index (χ0v) is 12.4. The third-order valence-electron chi connectivity index (χ3n) is 3.67. The Bertz CT molecular complexity index is 425. The van der Waals surface area contributed by atoms with Gasteiger partial charge in [-0.25, -0.2) is 0 Å². The Kier molecular flexibility index (Phi) is 5.41. The summed E-state index contributed by atoms with van der Waals surface area (Å²) >= 11 is 0. The third kappa shape index (κ3) is 3.97. The molecule has 0 aliphatic carbocycles. The molecule has 0 aromatic heterocycles. The van der Waals surface area contributed by atoms with Gasteiger partial charge in [0.2, 0.25) is 5.91 Å². The smallest absolute Gasteiger partial charge is 0.225 e. The van der Waals surface area contributed by atoms with E-state index in [1.54, 1.807) is 7.05 Å². The van der Waals surface area contributed by atoms with Crippen LogP contribution in [0.1, 0.15) is 25.3 Å². The van der Waals surface area contributed by atoms with Gasteiger partial charge in [0.1, 0.15) is 5.75 Å². The fourth-order valence-corrected chi connectivity index (χ4v) is 2.35. The molecule has 1 aliphatic rings. The molecule has 2 rings (SSSR count). The number of amides is 1. The van der Waals surface area contributed by atoms with Crippen LogP contribution in [0.2, 0.25) is 0 Å². The van der Waals surface area contributed by atoms with Crippen molar-refractivity contribution in [3.05, 3.63) is 29.8 Å². The maximum Gasteiger partial charge on any atom is 0.225 e. The Morgan fingerprint density at radius 1 is 1.35 bits per heavy atom. The number of likely N-dealkylation sites (tertiary alicyclic amines) is 1. The molecule has 0 saturated carbocycles. The van der Waals surface area contributed by atoms with Gasteiger partial charge < -0.3 is 10.1 Å². The predicted molar refractivity (Wildman–Crippen MR) is 79.7 cm³/mol. The molecular formula is C16H24N2O2. The van der Waals surface area contributed by atoms with Crippen LogP contribution >= 0.6 is 0 Å². The van der Waals surface area contributed by atoms with E-state index in [1.165, 1.54) is 5.56 Å². The zero-order valence-electron chi connectivity index (χ0n) is 12.4. The quantitative estimate of drug-likeness (QED) is 0.775. The number of ether oxygens (including phenoxy) is 1. The van der Waals surface area contributed by atoms with Crippen LogP contribution < -0.4 is 10.1 Å². The number of benzene rings is 1. The molecule has 1 N–H and O–H groups in total. The van der Waals surface area contributed by atoms with E-state index in [4.69, 9.17) is 4.74 Å². The number of unbranched alkanes of at least 4 members (excludes halogenated alkanes) is 1. The molecule has 0 atom stereocenters. The zero-order chi connectivity index (χ0) is 14.4. The number of hydrogen-bond donors (Lipinski definition) is 1. The normalized spacial score (nSPS) is 15.7. The van der Waals surface area contributed by atoms with E-state index in [0.717, 1.165) is 44.8 Å². The van der Waals surface area contributed by atoms with Gasteiger partial charge in [0.25, 0.3) is 0 Å². The number of nitrogens with zero attached hydrogens (tertiary/aromatic N) is 1. The predicted octanol–water partition coefficient (Wildman–Crippen LogP) is 2.04. The lowest BCUT2D eigenvalue weighted by molar-refractivity contribution is -0.129. The van der Waals surface area contributed by atoms with E-state index in [9.17, 15) is 4.79 Å². The lowest BCUT2D eigenvalue weighted by Gasteiger charge is -2.38. The van der Waals surface area contributed by atoms with Crippen molar-refractivity contribution in [2.45, 2.75) is 26.3 Å². The summed E-state index contributed by atoms with van der Waals surface area (Å²) < 4.78 is 5.64. The Morgan fingerprint density at radius 2 is 2.05 bits per heavy atom. The molecule has 1 aromatic carbocycles. The molecule has 1 amide bonds. The first-order chi connectivity index (χ1) is 9.72. The van der Waals surface area contributed by atoms with E-state index in [1.807, 2.05) is 12.1 Å². The Balaban J connectivity index is 1.73. The van der Waals surface area contributed by atoms with Crippen molar-refractivity contribution >= 4 is 5.91 Å². The van der Waals surface area contributed by atoms with Crippen LogP contribution in [0.3, 0.4) is 0 Å². The number of hydrogen-bond acceptors (Lipinski definition) is 3. The van der Waals surface area contributed by atoms with Crippen molar-refractivity contribution in [2.75, 3.05) is 26.7 Å². The third-order valence-corrected chi connectivity index (χ3v) is 3.67. The molecule has 0 bridgehead atoms. The summed E-state index contributed by atoms with van der Waals surface area (Å²) in [6, 6.07) is 8.27. The molecule has 0 radical (unpaired) electrons. The second-order valence-electron chi connectivity index (χ2n) is 5.35. The maximum atomic E-state index is 11.4. The standard InChI is InChI=1S/C16H24N2O2/c1-3-4-9-20-15-7-5-13(6-8-15)10-18-11-14(12-18)16(19)17-2/h5-8,14H,3-4,9-12H2,1-2H3,(H,17,19). The van der Waals surface area contributed by atoms with E-state index in [2.05, 4.69) is 29.3 Å². The van der Waals surface area contributed by atoms with Gasteiger partial charge in [-0.2, -0.15) is 0 Å². The molecule has 4 heteroatoms. The lowest BCUT2D eigenvalue weighted by Crippen LogP contribution is -2.52. The molecule has 110 valence electrons. The SMILES string of the molecule is CCCCOc1ccc(CN2CC(C(=O)NC)C2)cc1. The van der Waals surface area contributed by atoms with Gasteiger partial charge in [-0.05, 0) is 24.1 Å². The summed E-state index contributed by atoms with van der Waals surface area (Å²) in [4.78, 5) is 13.7. The molecule has 1 heterocycles. The number of nitrogens with one attached hydrogen (secondary N) is 1. The van der Waals surface area contributed by atoms with Gasteiger partial charge >= 0.3 is 0 Å². The summed E-state index contributed by atoms with van der Waals surface area (Å²) in [6.45, 7) is 5.56. The minimum absolute atomic E-state index is 0.154. The molecule has 1 saturated heterocycles. The van der Waals surface area contributed by atoms with Crippen LogP contribution in [0.4, 0.5) is 0 Å². The molecular weight excluding hydrogens is 252 g/mol. The Labute approximate surface area is 121 Å². The number of carbonyl (C=O) groups is 1. The van der Waals surface area contributed by atoms with Crippen LogP contribution in [0, 0.1) is 5.92 Å². The van der Waals surface area contributed by atoms with Crippen molar-refractivity contribution in [2.24, 2.45) is 5.92 Å². The topological polar surface area (TPSA) is 41.6 Å². The van der Waals surface area contributed by atoms with E-state index >= 15 is 0 Å². The Morgan fingerprint density at radius 3 is 2.65 bits per heavy atom. The molecule has 0 spiro atoms. The van der Waals surface area contributed by atoms with Crippen LogP contribution in [0.15, 0.2) is 24.3 Å². The highest BCUT2D eigenvalue weighted by molar-refractivity contribution is 5.79. The van der Waals surface area contributed by atoms with Gasteiger partial charge in [-0.15, -0.1) is 0 Å². The summed E-state index contributed by atoms with van der Waals surface area (Å²) in [5.74, 6) is 1.26. The van der Waals surface area contributed by atoms with Crippen molar-refractivity contribution in [3.63, 3.8) is 0 Å². The highest BCUT2D eigenvalue weighted by atomic mass is 16.5. The maximum absolute atomic E-state index is 11.4. The monoisotopic (exact) mass is 276 g/mol. The van der Waals surface area contributed by atoms with Gasteiger partial charge in [0, 0.05) is 26.7 Å². The van der Waals surface area contributed by atoms with E-state index < -0.39 is 0 Å². The van der Waals surface area contributed by atoms with Crippen LogP contribution in [0.5, 0.6) is 5.75 Å². The van der Waals surface area contributed by atoms with Crippen molar-refractivity contribution in [1.29, 1.82) is 0 Å². The average molecular weight is 276 g/mol. The van der Waals surface area contributed by atoms with Gasteiger partial charge in [-0.1, -0.05) is 25.5 Å². The van der Waals surface area contributed by atoms with Crippen LogP contribution in [-0.2, 0) is 11.3 Å². The number of carbonyl (C=O) groups excluding carboxylic acids is 1. The first-order valence-corrected chi connectivity index (χ1v) is 7.38. The van der Waals surface area contributed by atoms with Crippen molar-refractivity contribution < 1.29 is 9.53 Å². The number of rotatable bonds is 7. The Hall–Kier alpha value is -1.55. The highest BCUT2D eigenvalue weighted by Crippen LogP contribution is 2.20. The molecule has 4 nitrogen and oxygen atoms in total. The molecule has 20 heavy (non-hydrogen) atoms. The first kappa shape index (κ1) is 14.9. The summed E-state index contributed by atoms with van der Waals surface area (Å²) in [5.41, 5.74) is 1.27. The molecule has 1 fully saturated rings. The second-order valence-corrected chi connectivity index (χ2v) is 5.35. The van der Waals surface area contributed by atoms with Crippen molar-refractivity contribution in [3.8, 4) is 5.75 Å². The summed E-state index contributed by atoms with van der Waals surface area (Å²) in [5, 5.41) is 2.70. The summed E-state index contributed by atoms with van der Waals surface area (Å²) in [7, 11) is 1.70. The van der Waals surface area contributed by atoms with Gasteiger partial charge in [0.05, 0.1) is 12.5 Å². The van der Waals surface area contributed by atoms with Crippen LogP contribution in [0.25, 0.3) is 0 Å². The minimum Gasteiger partial charge on any atom is -0.494 e. The minimum atomic E-state index is 0.154. The largest absolute Gasteiger partial charge is 0.494 e. The molecule has 1 aliphatic heterocycles. The van der Waals surface area contributed by atoms with Crippen LogP contribution in [-0.4, -0.2) is 37.6 Å². The second kappa shape index (κ2) is 7.29. The average Bonchev–Trinajstić information content (AvgIpc) is 2.43.